The van der Waals surface area contributed by atoms with Crippen LogP contribution in [-0.4, -0.2) is 40.5 Å². The summed E-state index contributed by atoms with van der Waals surface area (Å²) in [6.45, 7) is 16.0. The van der Waals surface area contributed by atoms with Crippen LogP contribution in [0.1, 0.15) is 67.7 Å². The maximum absolute atomic E-state index is 5.89. The molecule has 0 atom stereocenters. The normalized spacial score (nSPS) is 13.7. The first-order chi connectivity index (χ1) is 9.64. The average Bonchev–Trinajstić information content (AvgIpc) is 2.28. The lowest BCUT2D eigenvalue weighted by Crippen LogP contribution is -2.37. The Bertz CT molecular complexity index is 233. The molecule has 0 aliphatic rings. The Morgan fingerprint density at radius 1 is 0.905 bits per heavy atom. The van der Waals surface area contributed by atoms with Gasteiger partial charge in [-0.2, -0.15) is 0 Å². The first-order valence-electron chi connectivity index (χ1n) is 8.32. The first kappa shape index (κ1) is 21.1. The van der Waals surface area contributed by atoms with Crippen molar-refractivity contribution in [1.29, 1.82) is 0 Å². The zero-order chi connectivity index (χ0) is 16.4. The van der Waals surface area contributed by atoms with Gasteiger partial charge in [0.15, 0.2) is 9.76 Å². The molecule has 0 amide bonds. The average molecular weight is 320 g/mol. The Balaban J connectivity index is 3.86. The third kappa shape index (κ3) is 16.3. The van der Waals surface area contributed by atoms with Gasteiger partial charge in [0.25, 0.3) is 6.48 Å². The van der Waals surface area contributed by atoms with Crippen molar-refractivity contribution in [2.75, 3.05) is 13.1 Å². The van der Waals surface area contributed by atoms with Crippen molar-refractivity contribution < 1.29 is 13.9 Å². The summed E-state index contributed by atoms with van der Waals surface area (Å²) < 4.78 is 17.6. The summed E-state index contributed by atoms with van der Waals surface area (Å²) >= 11 is 0. The van der Waals surface area contributed by atoms with Gasteiger partial charge in [-0.05, 0) is 73.5 Å². The topological polar surface area (TPSA) is 39.7 Å². The summed E-state index contributed by atoms with van der Waals surface area (Å²) in [7, 11) is -0.604. The molecular weight excluding hydrogens is 282 g/mol. The fourth-order valence-corrected chi connectivity index (χ4v) is 2.58. The number of unbranched alkanes of at least 4 members (excludes halogenated alkanes) is 1. The lowest BCUT2D eigenvalue weighted by molar-refractivity contribution is -0.314. The molecule has 0 fully saturated rings. The molecule has 0 aromatic rings. The van der Waals surface area contributed by atoms with Crippen molar-refractivity contribution in [3.63, 3.8) is 0 Å². The SMILES string of the molecule is CCCCNCCC[SiH2]OC(OC(C)(C)C)OC(C)(C)C. The van der Waals surface area contributed by atoms with Gasteiger partial charge in [-0.1, -0.05) is 13.3 Å². The molecule has 0 radical (unpaired) electrons. The second-order valence-corrected chi connectivity index (χ2v) is 8.88. The highest BCUT2D eigenvalue weighted by molar-refractivity contribution is 6.27. The van der Waals surface area contributed by atoms with E-state index in [0.29, 0.717) is 0 Å². The highest BCUT2D eigenvalue weighted by atomic mass is 28.2. The monoisotopic (exact) mass is 319 g/mol. The van der Waals surface area contributed by atoms with E-state index in [0.717, 1.165) is 19.1 Å². The van der Waals surface area contributed by atoms with E-state index in [1.54, 1.807) is 0 Å². The molecular formula is C16H37NO3Si. The zero-order valence-electron chi connectivity index (χ0n) is 15.3. The van der Waals surface area contributed by atoms with Crippen LogP contribution in [0.15, 0.2) is 0 Å². The molecule has 5 heteroatoms. The van der Waals surface area contributed by atoms with Gasteiger partial charge in [-0.3, -0.25) is 0 Å². The van der Waals surface area contributed by atoms with Crippen molar-refractivity contribution in [3.05, 3.63) is 0 Å². The minimum Gasteiger partial charge on any atom is -0.379 e. The van der Waals surface area contributed by atoms with Crippen molar-refractivity contribution in [2.24, 2.45) is 0 Å². The molecule has 0 bridgehead atoms. The summed E-state index contributed by atoms with van der Waals surface area (Å²) in [5.74, 6) is 0. The van der Waals surface area contributed by atoms with Crippen molar-refractivity contribution in [3.8, 4) is 0 Å². The second-order valence-electron chi connectivity index (χ2n) is 7.43. The Labute approximate surface area is 134 Å². The minimum atomic E-state index is -0.604. The first-order valence-corrected chi connectivity index (χ1v) is 9.90. The van der Waals surface area contributed by atoms with Gasteiger partial charge in [0.05, 0.1) is 11.2 Å². The maximum atomic E-state index is 5.89. The Morgan fingerprint density at radius 3 is 1.90 bits per heavy atom. The summed E-state index contributed by atoms with van der Waals surface area (Å²) in [4.78, 5) is 0. The molecule has 1 N–H and O–H groups in total. The molecule has 21 heavy (non-hydrogen) atoms. The molecule has 0 unspecified atom stereocenters. The predicted molar refractivity (Wildman–Crippen MR) is 92.3 cm³/mol. The van der Waals surface area contributed by atoms with Crippen molar-refractivity contribution >= 4 is 9.76 Å². The fourth-order valence-electron chi connectivity index (χ4n) is 1.63. The summed E-state index contributed by atoms with van der Waals surface area (Å²) in [6.07, 6.45) is 3.68. The lowest BCUT2D eigenvalue weighted by atomic mass is 10.2. The van der Waals surface area contributed by atoms with Gasteiger partial charge in [0.1, 0.15) is 0 Å². The van der Waals surface area contributed by atoms with Crippen LogP contribution >= 0.6 is 0 Å². The van der Waals surface area contributed by atoms with Crippen LogP contribution in [0.3, 0.4) is 0 Å². The largest absolute Gasteiger partial charge is 0.379 e. The van der Waals surface area contributed by atoms with Crippen LogP contribution < -0.4 is 5.32 Å². The van der Waals surface area contributed by atoms with E-state index < -0.39 is 16.2 Å². The smallest absolute Gasteiger partial charge is 0.262 e. The quantitative estimate of drug-likeness (QED) is 0.361. The number of hydrogen-bond donors (Lipinski definition) is 1. The van der Waals surface area contributed by atoms with Crippen LogP contribution in [-0.2, 0) is 13.9 Å². The standard InChI is InChI=1S/C16H37NO3Si/c1-8-9-11-17-12-10-13-21-20-14(18-15(2,3)4)19-16(5,6)7/h14,17H,8-13,21H2,1-7H3. The van der Waals surface area contributed by atoms with Gasteiger partial charge in [-0.25, -0.2) is 0 Å². The zero-order valence-corrected chi connectivity index (χ0v) is 16.7. The molecule has 128 valence electrons. The number of hydrogen-bond acceptors (Lipinski definition) is 4. The van der Waals surface area contributed by atoms with E-state index >= 15 is 0 Å². The van der Waals surface area contributed by atoms with Gasteiger partial charge in [0, 0.05) is 0 Å². The molecule has 0 rings (SSSR count). The van der Waals surface area contributed by atoms with Gasteiger partial charge >= 0.3 is 0 Å². The Morgan fingerprint density at radius 2 is 1.43 bits per heavy atom. The highest BCUT2D eigenvalue weighted by Gasteiger charge is 2.24. The maximum Gasteiger partial charge on any atom is 0.262 e. The van der Waals surface area contributed by atoms with Gasteiger partial charge < -0.3 is 19.2 Å². The molecule has 4 nitrogen and oxygen atoms in total. The van der Waals surface area contributed by atoms with Crippen LogP contribution in [0.25, 0.3) is 0 Å². The molecule has 0 heterocycles. The Kier molecular flexibility index (Phi) is 10.8. The molecule has 0 saturated heterocycles. The number of ether oxygens (including phenoxy) is 2. The van der Waals surface area contributed by atoms with Gasteiger partial charge in [0.2, 0.25) is 0 Å². The van der Waals surface area contributed by atoms with Gasteiger partial charge in [-0.15, -0.1) is 0 Å². The molecule has 0 aliphatic carbocycles. The summed E-state index contributed by atoms with van der Waals surface area (Å²) in [5, 5.41) is 3.46. The minimum absolute atomic E-state index is 0.258. The highest BCUT2D eigenvalue weighted by Crippen LogP contribution is 2.18. The lowest BCUT2D eigenvalue weighted by Gasteiger charge is -2.32. The van der Waals surface area contributed by atoms with E-state index in [1.807, 2.05) is 41.5 Å². The third-order valence-corrected chi connectivity index (χ3v) is 3.91. The Hall–Kier alpha value is 0.0569. The molecule has 0 aliphatic heterocycles. The summed E-state index contributed by atoms with van der Waals surface area (Å²) in [6, 6.07) is 1.15. The van der Waals surface area contributed by atoms with Crippen molar-refractivity contribution in [2.45, 2.75) is 91.5 Å². The molecule has 0 aromatic carbocycles. The van der Waals surface area contributed by atoms with Crippen LogP contribution in [0.2, 0.25) is 6.04 Å². The van der Waals surface area contributed by atoms with E-state index in [2.05, 4.69) is 12.2 Å². The number of nitrogens with one attached hydrogen (secondary N) is 1. The predicted octanol–water partition coefficient (Wildman–Crippen LogP) is 3.20. The van der Waals surface area contributed by atoms with Crippen molar-refractivity contribution in [1.82, 2.24) is 5.32 Å². The van der Waals surface area contributed by atoms with Crippen LogP contribution in [0.5, 0.6) is 0 Å². The fraction of sp³-hybridized carbons (Fsp3) is 1.00. The summed E-state index contributed by atoms with van der Waals surface area (Å²) in [5.41, 5.74) is -0.516. The molecule has 0 saturated carbocycles. The second kappa shape index (κ2) is 10.7. The van der Waals surface area contributed by atoms with E-state index in [1.165, 1.54) is 19.3 Å². The van der Waals surface area contributed by atoms with E-state index in [-0.39, 0.29) is 11.2 Å². The molecule has 0 aromatic heterocycles. The third-order valence-electron chi connectivity index (χ3n) is 2.61. The molecule has 0 spiro atoms. The number of rotatable bonds is 11. The van der Waals surface area contributed by atoms with Crippen LogP contribution in [0, 0.1) is 0 Å². The van der Waals surface area contributed by atoms with E-state index in [4.69, 9.17) is 13.9 Å². The van der Waals surface area contributed by atoms with Crippen LogP contribution in [0.4, 0.5) is 0 Å². The van der Waals surface area contributed by atoms with E-state index in [9.17, 15) is 0 Å².